The summed E-state index contributed by atoms with van der Waals surface area (Å²) in [5.74, 6) is 0.857. The smallest absolute Gasteiger partial charge is 0.0957 e. The van der Waals surface area contributed by atoms with E-state index in [1.54, 1.807) is 0 Å². The molecule has 1 aliphatic heterocycles. The molecule has 0 aromatic heterocycles. The van der Waals surface area contributed by atoms with Gasteiger partial charge in [-0.3, -0.25) is 5.41 Å². The maximum Gasteiger partial charge on any atom is 0.0957 e. The fourth-order valence-electron chi connectivity index (χ4n) is 2.43. The summed E-state index contributed by atoms with van der Waals surface area (Å²) in [4.78, 5) is 2.27. The van der Waals surface area contributed by atoms with E-state index in [9.17, 15) is 0 Å². The third kappa shape index (κ3) is 3.88. The van der Waals surface area contributed by atoms with E-state index in [0.717, 1.165) is 38.2 Å². The number of hydrogen-bond acceptors (Lipinski definition) is 1. The topological polar surface area (TPSA) is 27.1 Å². The maximum absolute atomic E-state index is 7.99. The minimum Gasteiger partial charge on any atom is -0.361 e. The van der Waals surface area contributed by atoms with Crippen molar-refractivity contribution in [2.24, 2.45) is 0 Å². The third-order valence-electron chi connectivity index (χ3n) is 3.46. The normalized spacial score (nSPS) is 16.9. The number of aryl methyl sites for hydroxylation is 1. The molecule has 17 heavy (non-hydrogen) atoms. The van der Waals surface area contributed by atoms with E-state index < -0.39 is 0 Å². The average molecular weight is 230 g/mol. The van der Waals surface area contributed by atoms with Gasteiger partial charge in [0.2, 0.25) is 0 Å². The summed E-state index contributed by atoms with van der Waals surface area (Å²) in [5.41, 5.74) is 1.41. The molecule has 1 aliphatic rings. The van der Waals surface area contributed by atoms with Crippen LogP contribution in [0.5, 0.6) is 0 Å². The molecule has 1 N–H and O–H groups in total. The Morgan fingerprint density at radius 1 is 1.06 bits per heavy atom. The minimum absolute atomic E-state index is 0.857. The minimum atomic E-state index is 0.857. The summed E-state index contributed by atoms with van der Waals surface area (Å²) in [7, 11) is 0. The van der Waals surface area contributed by atoms with Crippen molar-refractivity contribution in [1.29, 1.82) is 5.41 Å². The third-order valence-corrected chi connectivity index (χ3v) is 3.46. The zero-order chi connectivity index (χ0) is 11.9. The first-order valence-corrected chi connectivity index (χ1v) is 6.72. The highest BCUT2D eigenvalue weighted by Crippen LogP contribution is 2.12. The van der Waals surface area contributed by atoms with E-state index in [0.29, 0.717) is 0 Å². The summed E-state index contributed by atoms with van der Waals surface area (Å²) < 4.78 is 0. The van der Waals surface area contributed by atoms with Crippen molar-refractivity contribution in [3.05, 3.63) is 35.9 Å². The predicted molar refractivity (Wildman–Crippen MR) is 72.5 cm³/mol. The van der Waals surface area contributed by atoms with Crippen LogP contribution in [0.2, 0.25) is 0 Å². The van der Waals surface area contributed by atoms with Crippen LogP contribution < -0.4 is 0 Å². The molecule has 2 rings (SSSR count). The van der Waals surface area contributed by atoms with Gasteiger partial charge in [-0.2, -0.15) is 0 Å². The molecule has 0 bridgehead atoms. The van der Waals surface area contributed by atoms with E-state index >= 15 is 0 Å². The van der Waals surface area contributed by atoms with E-state index in [4.69, 9.17) is 5.41 Å². The maximum atomic E-state index is 7.99. The second kappa shape index (κ2) is 6.43. The molecule has 0 aliphatic carbocycles. The largest absolute Gasteiger partial charge is 0.361 e. The number of nitrogens with one attached hydrogen (secondary N) is 1. The lowest BCUT2D eigenvalue weighted by Gasteiger charge is -2.22. The molecule has 1 fully saturated rings. The lowest BCUT2D eigenvalue weighted by Crippen LogP contribution is -2.30. The molecule has 0 radical (unpaired) electrons. The highest BCUT2D eigenvalue weighted by atomic mass is 15.2. The van der Waals surface area contributed by atoms with Gasteiger partial charge in [-0.05, 0) is 31.2 Å². The summed E-state index contributed by atoms with van der Waals surface area (Å²) in [5, 5.41) is 7.99. The molecule has 1 aromatic carbocycles. The molecule has 92 valence electrons. The van der Waals surface area contributed by atoms with Gasteiger partial charge in [-0.1, -0.05) is 36.8 Å². The average Bonchev–Trinajstić information content (AvgIpc) is 2.56. The Morgan fingerprint density at radius 3 is 2.71 bits per heavy atom. The molecule has 0 unspecified atom stereocenters. The van der Waals surface area contributed by atoms with E-state index in [-0.39, 0.29) is 0 Å². The Labute approximate surface area is 104 Å². The van der Waals surface area contributed by atoms with Gasteiger partial charge in [0.1, 0.15) is 0 Å². The fraction of sp³-hybridized carbons (Fsp3) is 0.533. The van der Waals surface area contributed by atoms with Crippen LogP contribution >= 0.6 is 0 Å². The van der Waals surface area contributed by atoms with Crippen LogP contribution in [0.15, 0.2) is 30.3 Å². The van der Waals surface area contributed by atoms with Gasteiger partial charge >= 0.3 is 0 Å². The van der Waals surface area contributed by atoms with Crippen LogP contribution in [0.4, 0.5) is 0 Å². The SMILES string of the molecule is N=C1CCCCCN1CCCc1ccccc1. The Bertz CT molecular complexity index is 345. The van der Waals surface area contributed by atoms with Crippen molar-refractivity contribution < 1.29 is 0 Å². The van der Waals surface area contributed by atoms with Crippen LogP contribution in [0.1, 0.15) is 37.7 Å². The van der Waals surface area contributed by atoms with Crippen molar-refractivity contribution in [3.8, 4) is 0 Å². The molecule has 1 saturated heterocycles. The Balaban J connectivity index is 1.75. The first kappa shape index (κ1) is 12.2. The van der Waals surface area contributed by atoms with Crippen molar-refractivity contribution in [2.75, 3.05) is 13.1 Å². The summed E-state index contributed by atoms with van der Waals surface area (Å²) in [6.07, 6.45) is 7.02. The molecule has 2 nitrogen and oxygen atoms in total. The molecular formula is C15H22N2. The summed E-state index contributed by atoms with van der Waals surface area (Å²) in [6, 6.07) is 10.6. The highest BCUT2D eigenvalue weighted by Gasteiger charge is 2.12. The zero-order valence-electron chi connectivity index (χ0n) is 10.5. The molecule has 0 saturated carbocycles. The number of rotatable bonds is 4. The van der Waals surface area contributed by atoms with Gasteiger partial charge < -0.3 is 4.90 Å². The Hall–Kier alpha value is -1.31. The number of amidine groups is 1. The number of likely N-dealkylation sites (tertiary alicyclic amines) is 1. The highest BCUT2D eigenvalue weighted by molar-refractivity contribution is 5.79. The van der Waals surface area contributed by atoms with Gasteiger partial charge in [0.25, 0.3) is 0 Å². The number of hydrogen-bond donors (Lipinski definition) is 1. The molecular weight excluding hydrogens is 208 g/mol. The van der Waals surface area contributed by atoms with Gasteiger partial charge in [0, 0.05) is 19.5 Å². The van der Waals surface area contributed by atoms with Gasteiger partial charge in [-0.25, -0.2) is 0 Å². The summed E-state index contributed by atoms with van der Waals surface area (Å²) >= 11 is 0. The molecule has 2 heteroatoms. The number of nitrogens with zero attached hydrogens (tertiary/aromatic N) is 1. The van der Waals surface area contributed by atoms with Crippen molar-refractivity contribution in [3.63, 3.8) is 0 Å². The van der Waals surface area contributed by atoms with Crippen LogP contribution in [0.3, 0.4) is 0 Å². The Kier molecular flexibility index (Phi) is 4.60. The first-order valence-electron chi connectivity index (χ1n) is 6.72. The standard InChI is InChI=1S/C15H22N2/c16-15-11-5-2-6-12-17(15)13-7-10-14-8-3-1-4-9-14/h1,3-4,8-9,16H,2,5-7,10-13H2. The summed E-state index contributed by atoms with van der Waals surface area (Å²) in [6.45, 7) is 2.14. The van der Waals surface area contributed by atoms with E-state index in [2.05, 4.69) is 35.2 Å². The lowest BCUT2D eigenvalue weighted by molar-refractivity contribution is 0.404. The van der Waals surface area contributed by atoms with Gasteiger partial charge in [0.15, 0.2) is 0 Å². The molecule has 0 atom stereocenters. The van der Waals surface area contributed by atoms with E-state index in [1.807, 2.05) is 0 Å². The van der Waals surface area contributed by atoms with Crippen molar-refractivity contribution >= 4 is 5.84 Å². The van der Waals surface area contributed by atoms with E-state index in [1.165, 1.54) is 24.8 Å². The van der Waals surface area contributed by atoms with Crippen LogP contribution in [-0.4, -0.2) is 23.8 Å². The van der Waals surface area contributed by atoms with Crippen molar-refractivity contribution in [1.82, 2.24) is 4.90 Å². The number of benzene rings is 1. The quantitative estimate of drug-likeness (QED) is 0.842. The fourth-order valence-corrected chi connectivity index (χ4v) is 2.43. The molecule has 0 amide bonds. The predicted octanol–water partition coefficient (Wildman–Crippen LogP) is 3.47. The Morgan fingerprint density at radius 2 is 1.88 bits per heavy atom. The molecule has 0 spiro atoms. The van der Waals surface area contributed by atoms with Crippen LogP contribution in [0, 0.1) is 5.41 Å². The molecule has 1 heterocycles. The van der Waals surface area contributed by atoms with Crippen LogP contribution in [0.25, 0.3) is 0 Å². The second-order valence-corrected chi connectivity index (χ2v) is 4.83. The van der Waals surface area contributed by atoms with Gasteiger partial charge in [-0.15, -0.1) is 0 Å². The first-order chi connectivity index (χ1) is 8.36. The van der Waals surface area contributed by atoms with Crippen molar-refractivity contribution in [2.45, 2.75) is 38.5 Å². The lowest BCUT2D eigenvalue weighted by atomic mass is 10.1. The van der Waals surface area contributed by atoms with Gasteiger partial charge in [0.05, 0.1) is 5.84 Å². The second-order valence-electron chi connectivity index (χ2n) is 4.83. The molecule has 1 aromatic rings. The van der Waals surface area contributed by atoms with Crippen LogP contribution in [-0.2, 0) is 6.42 Å². The zero-order valence-corrected chi connectivity index (χ0v) is 10.5. The monoisotopic (exact) mass is 230 g/mol.